The minimum atomic E-state index is -0.851. The molecule has 0 aliphatic carbocycles. The number of ether oxygens (including phenoxy) is 3. The second-order valence-corrected chi connectivity index (χ2v) is 15.9. The van der Waals surface area contributed by atoms with Crippen molar-refractivity contribution in [3.8, 4) is 0 Å². The van der Waals surface area contributed by atoms with Gasteiger partial charge < -0.3 is 14.2 Å². The summed E-state index contributed by atoms with van der Waals surface area (Å²) in [5.41, 5.74) is 0. The van der Waals surface area contributed by atoms with Crippen LogP contribution in [0.5, 0.6) is 0 Å². The van der Waals surface area contributed by atoms with Gasteiger partial charge in [0.15, 0.2) is 6.10 Å². The first kappa shape index (κ1) is 61.0. The van der Waals surface area contributed by atoms with Crippen molar-refractivity contribution in [2.75, 3.05) is 13.2 Å². The maximum Gasteiger partial charge on any atom is 0.306 e. The van der Waals surface area contributed by atoms with Crippen LogP contribution in [0.2, 0.25) is 0 Å². The number of hydrogen-bond donors (Lipinski definition) is 0. The third kappa shape index (κ3) is 50.0. The number of carbonyl (C=O) groups excluding carboxylic acids is 3. The van der Waals surface area contributed by atoms with Crippen molar-refractivity contribution in [3.63, 3.8) is 0 Å². The van der Waals surface area contributed by atoms with Gasteiger partial charge in [0.1, 0.15) is 13.2 Å². The highest BCUT2D eigenvalue weighted by Gasteiger charge is 2.19. The van der Waals surface area contributed by atoms with E-state index >= 15 is 0 Å². The van der Waals surface area contributed by atoms with Gasteiger partial charge in [0.05, 0.1) is 0 Å². The summed E-state index contributed by atoms with van der Waals surface area (Å²) in [6, 6.07) is 0. The van der Waals surface area contributed by atoms with Gasteiger partial charge in [-0.2, -0.15) is 0 Å². The van der Waals surface area contributed by atoms with Gasteiger partial charge in [0, 0.05) is 19.3 Å². The molecule has 0 aliphatic heterocycles. The largest absolute Gasteiger partial charge is 0.462 e. The normalized spacial score (nSPS) is 13.4. The zero-order valence-electron chi connectivity index (χ0n) is 41.6. The Morgan fingerprint density at radius 3 is 0.985 bits per heavy atom. The van der Waals surface area contributed by atoms with Crippen LogP contribution in [0.3, 0.4) is 0 Å². The Morgan fingerprint density at radius 2 is 0.591 bits per heavy atom. The van der Waals surface area contributed by atoms with Gasteiger partial charge in [0.25, 0.3) is 0 Å². The monoisotopic (exact) mass is 907 g/mol. The highest BCUT2D eigenvalue weighted by molar-refractivity contribution is 5.71. The van der Waals surface area contributed by atoms with E-state index in [4.69, 9.17) is 14.2 Å². The first-order chi connectivity index (χ1) is 32.5. The molecule has 0 bridgehead atoms. The zero-order valence-corrected chi connectivity index (χ0v) is 41.6. The molecular formula is C60H90O6. The van der Waals surface area contributed by atoms with Crippen molar-refractivity contribution in [1.82, 2.24) is 0 Å². The Bertz CT molecular complexity index is 1560. The summed E-state index contributed by atoms with van der Waals surface area (Å²) in [5.74, 6) is -1.12. The summed E-state index contributed by atoms with van der Waals surface area (Å²) in [6.45, 7) is 6.14. The molecule has 0 aliphatic rings. The topological polar surface area (TPSA) is 78.9 Å². The molecule has 0 radical (unpaired) electrons. The highest BCUT2D eigenvalue weighted by atomic mass is 16.6. The Balaban J connectivity index is 4.64. The molecule has 6 nitrogen and oxygen atoms in total. The molecule has 1 atom stereocenters. The van der Waals surface area contributed by atoms with Crippen LogP contribution in [0.4, 0.5) is 0 Å². The fraction of sp³-hybridized carbons (Fsp3) is 0.517. The molecule has 366 valence electrons. The van der Waals surface area contributed by atoms with Gasteiger partial charge in [-0.25, -0.2) is 0 Å². The van der Waals surface area contributed by atoms with Gasteiger partial charge in [0.2, 0.25) is 0 Å². The van der Waals surface area contributed by atoms with Gasteiger partial charge in [-0.15, -0.1) is 0 Å². The number of rotatable bonds is 43. The molecule has 0 saturated carbocycles. The van der Waals surface area contributed by atoms with Crippen LogP contribution in [-0.2, 0) is 28.6 Å². The number of carbonyl (C=O) groups is 3. The molecule has 1 unspecified atom stereocenters. The molecule has 6 heteroatoms. The standard InChI is InChI=1S/C60H90O6/c1-4-7-10-13-16-19-22-25-27-29-30-32-33-35-38-41-44-47-50-53-59(62)65-56-57(55-64-58(61)52-49-46-43-40-37-24-21-18-15-12-9-6-3)66-60(63)54-51-48-45-42-39-36-34-31-28-26-23-20-17-14-11-8-5-2/h7-12,16-21,25-28,30,32,34-36,38,42,44-45,47,57H,4-6,13-15,22-24,29,31,33,37,39-41,43,46,48-56H2,1-3H3/b10-7-,11-8-,12-9-,19-16-,20-17-,21-18-,27-25-,28-26-,32-30-,36-34-,38-35-,45-42-,47-44-. The van der Waals surface area contributed by atoms with Gasteiger partial charge in [-0.3, -0.25) is 14.4 Å². The first-order valence-corrected chi connectivity index (χ1v) is 25.5. The van der Waals surface area contributed by atoms with Crippen molar-refractivity contribution in [1.29, 1.82) is 0 Å². The van der Waals surface area contributed by atoms with E-state index in [1.807, 2.05) is 12.2 Å². The third-order valence-corrected chi connectivity index (χ3v) is 9.77. The van der Waals surface area contributed by atoms with Crippen LogP contribution in [0.25, 0.3) is 0 Å². The lowest BCUT2D eigenvalue weighted by atomic mass is 10.1. The van der Waals surface area contributed by atoms with E-state index in [1.54, 1.807) is 0 Å². The maximum absolute atomic E-state index is 12.8. The van der Waals surface area contributed by atoms with Crippen LogP contribution in [0, 0.1) is 0 Å². The summed E-state index contributed by atoms with van der Waals surface area (Å²) in [4.78, 5) is 37.9. The molecule has 0 rings (SSSR count). The van der Waals surface area contributed by atoms with E-state index in [1.165, 1.54) is 0 Å². The molecule has 0 N–H and O–H groups in total. The van der Waals surface area contributed by atoms with E-state index in [0.717, 1.165) is 128 Å². The van der Waals surface area contributed by atoms with Crippen molar-refractivity contribution in [2.45, 2.75) is 187 Å². The Morgan fingerprint density at radius 1 is 0.303 bits per heavy atom. The average Bonchev–Trinajstić information content (AvgIpc) is 3.31. The number of allylic oxidation sites excluding steroid dienone is 26. The van der Waals surface area contributed by atoms with Crippen LogP contribution in [0.15, 0.2) is 158 Å². The second kappa shape index (κ2) is 52.7. The SMILES string of the molecule is CC/C=C\C/C=C\C/C=C\C/C=C\C/C=C\C/C=C\CCC(=O)OCC(COC(=O)CCCCCCC/C=C\C/C=C\CC)OC(=O)CCC/C=C\C/C=C\C/C=C\C/C=C\C/C=C\CC. The fourth-order valence-electron chi connectivity index (χ4n) is 6.07. The van der Waals surface area contributed by atoms with Gasteiger partial charge in [-0.1, -0.05) is 198 Å². The van der Waals surface area contributed by atoms with Gasteiger partial charge in [-0.05, 0) is 122 Å². The lowest BCUT2D eigenvalue weighted by Gasteiger charge is -2.18. The quantitative estimate of drug-likeness (QED) is 0.0262. The summed E-state index contributed by atoms with van der Waals surface area (Å²) in [7, 11) is 0. The molecule has 0 aromatic carbocycles. The Kier molecular flexibility index (Phi) is 48.7. The molecule has 0 fully saturated rings. The molecule has 0 heterocycles. The Labute approximate surface area is 403 Å². The van der Waals surface area contributed by atoms with E-state index in [-0.39, 0.29) is 38.0 Å². The summed E-state index contributed by atoms with van der Waals surface area (Å²) in [5, 5.41) is 0. The zero-order chi connectivity index (χ0) is 47.9. The minimum Gasteiger partial charge on any atom is -0.462 e. The molecule has 0 spiro atoms. The maximum atomic E-state index is 12.8. The molecule has 0 aromatic rings. The van der Waals surface area contributed by atoms with Crippen molar-refractivity contribution < 1.29 is 28.6 Å². The number of unbranched alkanes of at least 4 members (excludes halogenated alkanes) is 6. The summed E-state index contributed by atoms with van der Waals surface area (Å²) < 4.78 is 16.6. The van der Waals surface area contributed by atoms with Crippen LogP contribution in [0.1, 0.15) is 181 Å². The predicted octanol–water partition coefficient (Wildman–Crippen LogP) is 17.0. The Hall–Kier alpha value is -4.97. The van der Waals surface area contributed by atoms with Crippen LogP contribution < -0.4 is 0 Å². The molecule has 0 aromatic heterocycles. The molecule has 0 saturated heterocycles. The predicted molar refractivity (Wildman–Crippen MR) is 283 cm³/mol. The minimum absolute atomic E-state index is 0.139. The van der Waals surface area contributed by atoms with Crippen LogP contribution >= 0.6 is 0 Å². The van der Waals surface area contributed by atoms with Crippen molar-refractivity contribution in [2.24, 2.45) is 0 Å². The van der Waals surface area contributed by atoms with E-state index in [0.29, 0.717) is 19.3 Å². The van der Waals surface area contributed by atoms with Crippen LogP contribution in [-0.4, -0.2) is 37.2 Å². The van der Waals surface area contributed by atoms with E-state index in [2.05, 4.69) is 167 Å². The van der Waals surface area contributed by atoms with E-state index in [9.17, 15) is 14.4 Å². The van der Waals surface area contributed by atoms with Crippen molar-refractivity contribution >= 4 is 17.9 Å². The second-order valence-electron chi connectivity index (χ2n) is 15.9. The fourth-order valence-corrected chi connectivity index (χ4v) is 6.07. The molecular weight excluding hydrogens is 817 g/mol. The van der Waals surface area contributed by atoms with E-state index < -0.39 is 12.1 Å². The van der Waals surface area contributed by atoms with Crippen molar-refractivity contribution in [3.05, 3.63) is 158 Å². The lowest BCUT2D eigenvalue weighted by Crippen LogP contribution is -2.30. The average molecular weight is 907 g/mol. The smallest absolute Gasteiger partial charge is 0.306 e. The number of esters is 3. The number of hydrogen-bond acceptors (Lipinski definition) is 6. The lowest BCUT2D eigenvalue weighted by molar-refractivity contribution is -0.166. The summed E-state index contributed by atoms with van der Waals surface area (Å²) in [6.07, 6.45) is 76.7. The molecule has 66 heavy (non-hydrogen) atoms. The third-order valence-electron chi connectivity index (χ3n) is 9.77. The first-order valence-electron chi connectivity index (χ1n) is 25.5. The molecule has 0 amide bonds. The highest BCUT2D eigenvalue weighted by Crippen LogP contribution is 2.11. The summed E-state index contributed by atoms with van der Waals surface area (Å²) >= 11 is 0. The van der Waals surface area contributed by atoms with Gasteiger partial charge >= 0.3 is 17.9 Å².